The summed E-state index contributed by atoms with van der Waals surface area (Å²) in [5.41, 5.74) is 6.99. The van der Waals surface area contributed by atoms with E-state index in [1.54, 1.807) is 7.11 Å². The van der Waals surface area contributed by atoms with Gasteiger partial charge in [0.15, 0.2) is 0 Å². The molecule has 0 fully saturated rings. The number of nitrogens with two attached hydrogens (primary N) is 1. The lowest BCUT2D eigenvalue weighted by Crippen LogP contribution is -2.17. The van der Waals surface area contributed by atoms with E-state index in [-0.39, 0.29) is 6.04 Å². The highest BCUT2D eigenvalue weighted by atomic mass is 79.9. The van der Waals surface area contributed by atoms with Crippen molar-refractivity contribution in [3.05, 3.63) is 50.9 Å². The number of ether oxygens (including phenoxy) is 2. The minimum Gasteiger partial charge on any atom is -0.496 e. The van der Waals surface area contributed by atoms with E-state index in [9.17, 15) is 0 Å². The van der Waals surface area contributed by atoms with E-state index in [0.717, 1.165) is 38.2 Å². The summed E-state index contributed by atoms with van der Waals surface area (Å²) in [6, 6.07) is 11.8. The first kappa shape index (κ1) is 16.3. The van der Waals surface area contributed by atoms with E-state index in [1.807, 2.05) is 37.3 Å². The summed E-state index contributed by atoms with van der Waals surface area (Å²) in [5, 5.41) is 0. The molecule has 0 spiro atoms. The van der Waals surface area contributed by atoms with Crippen LogP contribution in [0, 0.1) is 0 Å². The highest BCUT2D eigenvalue weighted by Gasteiger charge is 2.09. The fourth-order valence-corrected chi connectivity index (χ4v) is 2.87. The van der Waals surface area contributed by atoms with E-state index in [1.165, 1.54) is 0 Å². The molecule has 21 heavy (non-hydrogen) atoms. The molecule has 112 valence electrons. The Morgan fingerprint density at radius 1 is 1.10 bits per heavy atom. The number of hydrogen-bond acceptors (Lipinski definition) is 3. The largest absolute Gasteiger partial charge is 0.496 e. The molecule has 0 aliphatic carbocycles. The van der Waals surface area contributed by atoms with Crippen molar-refractivity contribution >= 4 is 31.9 Å². The van der Waals surface area contributed by atoms with Gasteiger partial charge in [-0.1, -0.05) is 12.1 Å². The highest BCUT2D eigenvalue weighted by Crippen LogP contribution is 2.38. The van der Waals surface area contributed by atoms with Gasteiger partial charge in [0.1, 0.15) is 17.2 Å². The third-order valence-electron chi connectivity index (χ3n) is 2.89. The van der Waals surface area contributed by atoms with Crippen molar-refractivity contribution in [3.63, 3.8) is 0 Å². The Bertz CT molecular complexity index is 630. The first-order valence-electron chi connectivity index (χ1n) is 6.55. The maximum absolute atomic E-state index is 5.94. The third-order valence-corrected chi connectivity index (χ3v) is 4.13. The molecule has 0 aliphatic rings. The second kappa shape index (κ2) is 7.29. The number of rotatable bonds is 5. The average molecular weight is 415 g/mol. The fourth-order valence-electron chi connectivity index (χ4n) is 1.98. The van der Waals surface area contributed by atoms with Crippen molar-refractivity contribution in [1.29, 1.82) is 0 Å². The summed E-state index contributed by atoms with van der Waals surface area (Å²) in [4.78, 5) is 0. The molecule has 0 aliphatic heterocycles. The van der Waals surface area contributed by atoms with Crippen LogP contribution in [0.4, 0.5) is 0 Å². The standard InChI is InChI=1S/C16H17Br2NO2/c1-10(19)6-11-4-3-5-12(7-11)21-16-9-13(17)15(20-2)8-14(16)18/h3-5,7-10H,6,19H2,1-2H3. The van der Waals surface area contributed by atoms with E-state index < -0.39 is 0 Å². The summed E-state index contributed by atoms with van der Waals surface area (Å²) in [6.07, 6.45) is 0.824. The predicted molar refractivity (Wildman–Crippen MR) is 92.3 cm³/mol. The first-order valence-corrected chi connectivity index (χ1v) is 8.13. The van der Waals surface area contributed by atoms with Crippen molar-refractivity contribution in [2.24, 2.45) is 5.73 Å². The minimum absolute atomic E-state index is 0.127. The van der Waals surface area contributed by atoms with Gasteiger partial charge in [-0.05, 0) is 75.0 Å². The molecule has 5 heteroatoms. The molecule has 3 nitrogen and oxygen atoms in total. The van der Waals surface area contributed by atoms with Crippen molar-refractivity contribution in [2.75, 3.05) is 7.11 Å². The fraction of sp³-hybridized carbons (Fsp3) is 0.250. The Morgan fingerprint density at radius 3 is 2.43 bits per heavy atom. The molecule has 2 aromatic carbocycles. The van der Waals surface area contributed by atoms with Gasteiger partial charge in [0.2, 0.25) is 0 Å². The van der Waals surface area contributed by atoms with Crippen LogP contribution in [0.5, 0.6) is 17.2 Å². The number of halogens is 2. The molecule has 0 radical (unpaired) electrons. The Labute approximate surface area is 141 Å². The van der Waals surface area contributed by atoms with Crippen LogP contribution in [-0.4, -0.2) is 13.2 Å². The molecule has 2 rings (SSSR count). The molecule has 0 amide bonds. The summed E-state index contributed by atoms with van der Waals surface area (Å²) in [6.45, 7) is 1.99. The van der Waals surface area contributed by atoms with Crippen LogP contribution in [0.25, 0.3) is 0 Å². The van der Waals surface area contributed by atoms with Gasteiger partial charge in [0.05, 0.1) is 16.1 Å². The van der Waals surface area contributed by atoms with Gasteiger partial charge in [-0.15, -0.1) is 0 Å². The summed E-state index contributed by atoms with van der Waals surface area (Å²) in [7, 11) is 1.63. The Morgan fingerprint density at radius 2 is 1.76 bits per heavy atom. The SMILES string of the molecule is COc1cc(Br)c(Oc2cccc(CC(C)N)c2)cc1Br. The minimum atomic E-state index is 0.127. The molecule has 0 bridgehead atoms. The van der Waals surface area contributed by atoms with Crippen molar-refractivity contribution in [2.45, 2.75) is 19.4 Å². The van der Waals surface area contributed by atoms with E-state index in [0.29, 0.717) is 0 Å². The predicted octanol–water partition coefficient (Wildman–Crippen LogP) is 4.90. The zero-order chi connectivity index (χ0) is 15.4. The maximum Gasteiger partial charge on any atom is 0.143 e. The Balaban J connectivity index is 2.24. The van der Waals surface area contributed by atoms with Crippen LogP contribution < -0.4 is 15.2 Å². The zero-order valence-electron chi connectivity index (χ0n) is 11.9. The maximum atomic E-state index is 5.94. The van der Waals surface area contributed by atoms with Crippen LogP contribution in [0.1, 0.15) is 12.5 Å². The second-order valence-corrected chi connectivity index (χ2v) is 6.56. The lowest BCUT2D eigenvalue weighted by Gasteiger charge is -2.12. The molecule has 1 atom stereocenters. The molecule has 1 unspecified atom stereocenters. The molecule has 0 heterocycles. The van der Waals surface area contributed by atoms with Crippen LogP contribution in [0.2, 0.25) is 0 Å². The van der Waals surface area contributed by atoms with Gasteiger partial charge in [0.25, 0.3) is 0 Å². The molecule has 0 aromatic heterocycles. The normalized spacial score (nSPS) is 12.0. The van der Waals surface area contributed by atoms with Gasteiger partial charge < -0.3 is 15.2 Å². The van der Waals surface area contributed by atoms with Gasteiger partial charge in [-0.25, -0.2) is 0 Å². The molecular weight excluding hydrogens is 398 g/mol. The van der Waals surface area contributed by atoms with E-state index >= 15 is 0 Å². The molecule has 0 saturated carbocycles. The second-order valence-electron chi connectivity index (χ2n) is 4.85. The molecule has 2 N–H and O–H groups in total. The first-order chi connectivity index (χ1) is 9.99. The van der Waals surface area contributed by atoms with Crippen LogP contribution in [-0.2, 0) is 6.42 Å². The number of methoxy groups -OCH3 is 1. The number of hydrogen-bond donors (Lipinski definition) is 1. The van der Waals surface area contributed by atoms with Crippen LogP contribution in [0.3, 0.4) is 0 Å². The smallest absolute Gasteiger partial charge is 0.143 e. The summed E-state index contributed by atoms with van der Waals surface area (Å²) < 4.78 is 12.9. The zero-order valence-corrected chi connectivity index (χ0v) is 15.1. The van der Waals surface area contributed by atoms with E-state index in [4.69, 9.17) is 15.2 Å². The topological polar surface area (TPSA) is 44.5 Å². The van der Waals surface area contributed by atoms with Gasteiger partial charge >= 0.3 is 0 Å². The Hall–Kier alpha value is -1.04. The van der Waals surface area contributed by atoms with Crippen LogP contribution >= 0.6 is 31.9 Å². The molecule has 0 saturated heterocycles. The highest BCUT2D eigenvalue weighted by molar-refractivity contribution is 9.11. The van der Waals surface area contributed by atoms with Gasteiger partial charge in [-0.2, -0.15) is 0 Å². The summed E-state index contributed by atoms with van der Waals surface area (Å²) in [5.74, 6) is 2.26. The van der Waals surface area contributed by atoms with Crippen molar-refractivity contribution in [1.82, 2.24) is 0 Å². The third kappa shape index (κ3) is 4.46. The molecular formula is C16H17Br2NO2. The monoisotopic (exact) mass is 413 g/mol. The molecule has 2 aromatic rings. The van der Waals surface area contributed by atoms with Gasteiger partial charge in [-0.3, -0.25) is 0 Å². The lowest BCUT2D eigenvalue weighted by atomic mass is 10.1. The van der Waals surface area contributed by atoms with Crippen LogP contribution in [0.15, 0.2) is 45.3 Å². The number of benzene rings is 2. The van der Waals surface area contributed by atoms with E-state index in [2.05, 4.69) is 37.9 Å². The lowest BCUT2D eigenvalue weighted by molar-refractivity contribution is 0.409. The van der Waals surface area contributed by atoms with Gasteiger partial charge in [0, 0.05) is 6.04 Å². The summed E-state index contributed by atoms with van der Waals surface area (Å²) >= 11 is 6.95. The average Bonchev–Trinajstić information content (AvgIpc) is 2.42. The quantitative estimate of drug-likeness (QED) is 0.756. The van der Waals surface area contributed by atoms with Crippen molar-refractivity contribution < 1.29 is 9.47 Å². The Kier molecular flexibility index (Phi) is 5.67. The van der Waals surface area contributed by atoms with Crippen molar-refractivity contribution in [3.8, 4) is 17.2 Å².